The van der Waals surface area contributed by atoms with Gasteiger partial charge in [0.05, 0.1) is 33.7 Å². The van der Waals surface area contributed by atoms with Gasteiger partial charge < -0.3 is 10.6 Å². The van der Waals surface area contributed by atoms with Crippen LogP contribution in [0.3, 0.4) is 0 Å². The van der Waals surface area contributed by atoms with Crippen LogP contribution in [0.2, 0.25) is 0 Å². The fourth-order valence-corrected chi connectivity index (χ4v) is 3.24. The Kier molecular flexibility index (Phi) is 6.98. The summed E-state index contributed by atoms with van der Waals surface area (Å²) in [6, 6.07) is 21.7. The molecule has 3 rings (SSSR count). The minimum absolute atomic E-state index is 0.113. The van der Waals surface area contributed by atoms with Crippen molar-refractivity contribution in [3.05, 3.63) is 89.6 Å². The standard InChI is InChI=1S/C22H18N4O2S/c23-13-17-10-11-24-21(12-17)29-15-20(27)26-19-9-5-4-8-18(19)22(28)25-14-16-6-2-1-3-7-16/h1-12H,14-15H2,(H,25,28)(H,26,27). The second-order valence-electron chi connectivity index (χ2n) is 6.05. The van der Waals surface area contributed by atoms with E-state index in [9.17, 15) is 9.59 Å². The minimum Gasteiger partial charge on any atom is -0.348 e. The Morgan fingerprint density at radius 1 is 1.03 bits per heavy atom. The van der Waals surface area contributed by atoms with Gasteiger partial charge in [-0.3, -0.25) is 9.59 Å². The lowest BCUT2D eigenvalue weighted by Gasteiger charge is -2.11. The number of thioether (sulfide) groups is 1. The van der Waals surface area contributed by atoms with E-state index in [0.717, 1.165) is 5.56 Å². The molecule has 0 aliphatic rings. The second-order valence-corrected chi connectivity index (χ2v) is 7.04. The first-order valence-electron chi connectivity index (χ1n) is 8.85. The summed E-state index contributed by atoms with van der Waals surface area (Å²) in [4.78, 5) is 29.0. The predicted molar refractivity (Wildman–Crippen MR) is 112 cm³/mol. The number of anilines is 1. The molecule has 6 nitrogen and oxygen atoms in total. The van der Waals surface area contributed by atoms with Crippen LogP contribution in [-0.2, 0) is 11.3 Å². The van der Waals surface area contributed by atoms with Gasteiger partial charge in [-0.1, -0.05) is 54.2 Å². The lowest BCUT2D eigenvalue weighted by atomic mass is 10.1. The topological polar surface area (TPSA) is 94.9 Å². The highest BCUT2D eigenvalue weighted by molar-refractivity contribution is 7.99. The van der Waals surface area contributed by atoms with E-state index in [1.165, 1.54) is 18.0 Å². The first kappa shape index (κ1) is 20.1. The third-order valence-corrected chi connectivity index (χ3v) is 4.88. The lowest BCUT2D eigenvalue weighted by Crippen LogP contribution is -2.25. The van der Waals surface area contributed by atoms with E-state index in [1.807, 2.05) is 36.4 Å². The molecule has 0 aliphatic heterocycles. The Labute approximate surface area is 173 Å². The van der Waals surface area contributed by atoms with Crippen molar-refractivity contribution in [2.75, 3.05) is 11.1 Å². The van der Waals surface area contributed by atoms with E-state index >= 15 is 0 Å². The monoisotopic (exact) mass is 402 g/mol. The average molecular weight is 402 g/mol. The van der Waals surface area contributed by atoms with E-state index < -0.39 is 0 Å². The third-order valence-electron chi connectivity index (χ3n) is 3.96. The molecule has 0 saturated carbocycles. The van der Waals surface area contributed by atoms with Crippen LogP contribution in [0.25, 0.3) is 0 Å². The molecule has 29 heavy (non-hydrogen) atoms. The summed E-state index contributed by atoms with van der Waals surface area (Å²) in [7, 11) is 0. The molecule has 0 bridgehead atoms. The number of rotatable bonds is 7. The van der Waals surface area contributed by atoms with Crippen molar-refractivity contribution >= 4 is 29.3 Å². The van der Waals surface area contributed by atoms with Crippen molar-refractivity contribution < 1.29 is 9.59 Å². The van der Waals surface area contributed by atoms with Crippen LogP contribution in [0.1, 0.15) is 21.5 Å². The molecule has 2 N–H and O–H groups in total. The molecule has 0 aliphatic carbocycles. The molecule has 144 valence electrons. The molecule has 0 saturated heterocycles. The molecule has 0 unspecified atom stereocenters. The predicted octanol–water partition coefficient (Wildman–Crippen LogP) is 3.61. The number of nitrogens with one attached hydrogen (secondary N) is 2. The van der Waals surface area contributed by atoms with Crippen molar-refractivity contribution in [2.45, 2.75) is 11.6 Å². The van der Waals surface area contributed by atoms with Crippen molar-refractivity contribution in [1.29, 1.82) is 5.26 Å². The number of nitrogens with zero attached hydrogens (tertiary/aromatic N) is 2. The van der Waals surface area contributed by atoms with Gasteiger partial charge in [0.25, 0.3) is 5.91 Å². The van der Waals surface area contributed by atoms with Gasteiger partial charge in [-0.15, -0.1) is 0 Å². The summed E-state index contributed by atoms with van der Waals surface area (Å²) in [5, 5.41) is 15.2. The molecule has 0 atom stereocenters. The number of carbonyl (C=O) groups is 2. The smallest absolute Gasteiger partial charge is 0.253 e. The van der Waals surface area contributed by atoms with E-state index in [-0.39, 0.29) is 17.6 Å². The number of benzene rings is 2. The van der Waals surface area contributed by atoms with Gasteiger partial charge in [0.15, 0.2) is 0 Å². The Hall–Kier alpha value is -3.63. The zero-order valence-corrected chi connectivity index (χ0v) is 16.3. The highest BCUT2D eigenvalue weighted by atomic mass is 32.2. The molecular formula is C22H18N4O2S. The number of aromatic nitrogens is 1. The SMILES string of the molecule is N#Cc1ccnc(SCC(=O)Nc2ccccc2C(=O)NCc2ccccc2)c1. The molecule has 0 fully saturated rings. The average Bonchev–Trinajstić information content (AvgIpc) is 2.77. The number of nitriles is 1. The lowest BCUT2D eigenvalue weighted by molar-refractivity contribution is -0.113. The minimum atomic E-state index is -0.263. The molecule has 2 amide bonds. The Morgan fingerprint density at radius 2 is 1.79 bits per heavy atom. The highest BCUT2D eigenvalue weighted by Gasteiger charge is 2.13. The molecule has 7 heteroatoms. The van der Waals surface area contributed by atoms with E-state index in [0.29, 0.717) is 28.4 Å². The van der Waals surface area contributed by atoms with Crippen molar-refractivity contribution in [3.63, 3.8) is 0 Å². The number of hydrogen-bond donors (Lipinski definition) is 2. The Bertz CT molecular complexity index is 1050. The van der Waals surface area contributed by atoms with E-state index in [4.69, 9.17) is 5.26 Å². The van der Waals surface area contributed by atoms with Crippen LogP contribution in [0.5, 0.6) is 0 Å². The zero-order chi connectivity index (χ0) is 20.5. The summed E-state index contributed by atoms with van der Waals surface area (Å²) >= 11 is 1.22. The molecule has 0 spiro atoms. The number of carbonyl (C=O) groups excluding carboxylic acids is 2. The summed E-state index contributed by atoms with van der Waals surface area (Å²) < 4.78 is 0. The van der Waals surface area contributed by atoms with E-state index in [1.54, 1.807) is 36.4 Å². The Balaban J connectivity index is 1.60. The first-order valence-corrected chi connectivity index (χ1v) is 9.84. The maximum absolute atomic E-state index is 12.6. The maximum atomic E-state index is 12.6. The zero-order valence-electron chi connectivity index (χ0n) is 15.5. The molecule has 1 heterocycles. The highest BCUT2D eigenvalue weighted by Crippen LogP contribution is 2.19. The quantitative estimate of drug-likeness (QED) is 0.589. The molecule has 1 aromatic heterocycles. The number of pyridine rings is 1. The van der Waals surface area contributed by atoms with Gasteiger partial charge in [0.2, 0.25) is 5.91 Å². The van der Waals surface area contributed by atoms with Gasteiger partial charge in [-0.2, -0.15) is 5.26 Å². The van der Waals surface area contributed by atoms with Crippen molar-refractivity contribution in [3.8, 4) is 6.07 Å². The largest absolute Gasteiger partial charge is 0.348 e. The number of hydrogen-bond acceptors (Lipinski definition) is 5. The number of amides is 2. The number of para-hydroxylation sites is 1. The van der Waals surface area contributed by atoms with Gasteiger partial charge in [-0.25, -0.2) is 4.98 Å². The van der Waals surface area contributed by atoms with Crippen LogP contribution in [0.4, 0.5) is 5.69 Å². The van der Waals surface area contributed by atoms with Gasteiger partial charge in [0.1, 0.15) is 0 Å². The fourth-order valence-electron chi connectivity index (χ4n) is 2.55. The van der Waals surface area contributed by atoms with Gasteiger partial charge >= 0.3 is 0 Å². The van der Waals surface area contributed by atoms with Crippen LogP contribution in [0.15, 0.2) is 78.0 Å². The molecule has 3 aromatic rings. The molecular weight excluding hydrogens is 384 g/mol. The second kappa shape index (κ2) is 10.1. The Morgan fingerprint density at radius 3 is 2.59 bits per heavy atom. The summed E-state index contributed by atoms with van der Waals surface area (Å²) in [5.41, 5.74) is 2.32. The summed E-state index contributed by atoms with van der Waals surface area (Å²) in [5.74, 6) is -0.412. The van der Waals surface area contributed by atoms with Crippen molar-refractivity contribution in [1.82, 2.24) is 10.3 Å². The van der Waals surface area contributed by atoms with Crippen LogP contribution < -0.4 is 10.6 Å². The molecule has 2 aromatic carbocycles. The summed E-state index contributed by atoms with van der Waals surface area (Å²) in [6.07, 6.45) is 1.53. The van der Waals surface area contributed by atoms with Gasteiger partial charge in [-0.05, 0) is 29.8 Å². The summed E-state index contributed by atoms with van der Waals surface area (Å²) in [6.45, 7) is 0.401. The fraction of sp³-hybridized carbons (Fsp3) is 0.0909. The van der Waals surface area contributed by atoms with Crippen LogP contribution in [-0.4, -0.2) is 22.6 Å². The van der Waals surface area contributed by atoms with E-state index in [2.05, 4.69) is 15.6 Å². The normalized spacial score (nSPS) is 10.0. The van der Waals surface area contributed by atoms with Crippen molar-refractivity contribution in [2.24, 2.45) is 0 Å². The maximum Gasteiger partial charge on any atom is 0.253 e. The van der Waals surface area contributed by atoms with Crippen LogP contribution >= 0.6 is 11.8 Å². The molecule has 0 radical (unpaired) electrons. The third kappa shape index (κ3) is 5.92. The first-order chi connectivity index (χ1) is 14.2. The van der Waals surface area contributed by atoms with Gasteiger partial charge in [0, 0.05) is 12.7 Å². The van der Waals surface area contributed by atoms with Crippen LogP contribution in [0, 0.1) is 11.3 Å².